The Morgan fingerprint density at radius 1 is 1.10 bits per heavy atom. The van der Waals surface area contributed by atoms with Crippen LogP contribution in [0.4, 0.5) is 5.95 Å². The molecule has 29 heavy (non-hydrogen) atoms. The number of carboxylic acid groups (broad SMARTS) is 1. The lowest BCUT2D eigenvalue weighted by molar-refractivity contribution is -0.147. The molecule has 0 radical (unpaired) electrons. The van der Waals surface area contributed by atoms with Gasteiger partial charge >= 0.3 is 5.97 Å². The molecule has 4 rings (SSSR count). The topological polar surface area (TPSA) is 118 Å². The zero-order valence-corrected chi connectivity index (χ0v) is 15.9. The number of aromatic nitrogens is 2. The molecule has 7 heteroatoms. The molecule has 3 aromatic rings. The van der Waals surface area contributed by atoms with Crippen LogP contribution in [0.1, 0.15) is 40.9 Å². The molecule has 0 bridgehead atoms. The van der Waals surface area contributed by atoms with Gasteiger partial charge in [-0.3, -0.25) is 9.59 Å². The van der Waals surface area contributed by atoms with E-state index < -0.39 is 11.4 Å². The molecule has 1 aliphatic rings. The summed E-state index contributed by atoms with van der Waals surface area (Å²) in [5, 5.41) is 13.1. The maximum Gasteiger partial charge on any atom is 0.314 e. The molecular weight excluding hydrogens is 368 g/mol. The zero-order valence-electron chi connectivity index (χ0n) is 15.9. The number of nitrogens with two attached hydrogens (primary N) is 1. The minimum absolute atomic E-state index is 0.00931. The molecule has 0 unspecified atom stereocenters. The molecule has 1 aromatic heterocycles. The van der Waals surface area contributed by atoms with Gasteiger partial charge in [0, 0.05) is 11.9 Å². The summed E-state index contributed by atoms with van der Waals surface area (Å²) in [4.78, 5) is 33.0. The Hall–Kier alpha value is -3.48. The Kier molecular flexibility index (Phi) is 4.88. The first-order chi connectivity index (χ1) is 14.0. The van der Waals surface area contributed by atoms with Gasteiger partial charge in [-0.05, 0) is 42.5 Å². The van der Waals surface area contributed by atoms with E-state index in [0.29, 0.717) is 42.3 Å². The van der Waals surface area contributed by atoms with Crippen molar-refractivity contribution < 1.29 is 14.7 Å². The number of hydrogen-bond acceptors (Lipinski definition) is 5. The summed E-state index contributed by atoms with van der Waals surface area (Å²) < 4.78 is 0. The molecule has 148 valence electrons. The van der Waals surface area contributed by atoms with Crippen molar-refractivity contribution in [3.63, 3.8) is 0 Å². The van der Waals surface area contributed by atoms with Crippen LogP contribution in [-0.4, -0.2) is 33.5 Å². The van der Waals surface area contributed by atoms with Crippen molar-refractivity contribution in [1.82, 2.24) is 15.3 Å². The SMILES string of the molecule is Nc1nc(C(=O)NCCc2ccccc2)c2cc(C3(C(=O)O)CCC3)ccc2n1. The molecule has 7 nitrogen and oxygen atoms in total. The number of rotatable bonds is 6. The van der Waals surface area contributed by atoms with Gasteiger partial charge in [0.2, 0.25) is 5.95 Å². The van der Waals surface area contributed by atoms with Crippen LogP contribution < -0.4 is 11.1 Å². The second-order valence-corrected chi connectivity index (χ2v) is 7.39. The van der Waals surface area contributed by atoms with Gasteiger partial charge in [0.1, 0.15) is 5.69 Å². The predicted octanol–water partition coefficient (Wildman–Crippen LogP) is 2.69. The Labute approximate surface area is 168 Å². The zero-order chi connectivity index (χ0) is 20.4. The molecule has 0 spiro atoms. The summed E-state index contributed by atoms with van der Waals surface area (Å²) in [5.74, 6) is -1.18. The molecule has 2 aromatic carbocycles. The van der Waals surface area contributed by atoms with Crippen LogP contribution in [-0.2, 0) is 16.6 Å². The molecule has 1 heterocycles. The van der Waals surface area contributed by atoms with E-state index in [4.69, 9.17) is 5.73 Å². The summed E-state index contributed by atoms with van der Waals surface area (Å²) in [6.45, 7) is 0.451. The predicted molar refractivity (Wildman–Crippen MR) is 110 cm³/mol. The number of aliphatic carboxylic acids is 1. The fraction of sp³-hybridized carbons (Fsp3) is 0.273. The van der Waals surface area contributed by atoms with E-state index >= 15 is 0 Å². The van der Waals surface area contributed by atoms with Gasteiger partial charge in [-0.1, -0.05) is 42.8 Å². The number of carbonyl (C=O) groups excluding carboxylic acids is 1. The van der Waals surface area contributed by atoms with Crippen molar-refractivity contribution in [3.8, 4) is 0 Å². The maximum atomic E-state index is 12.8. The van der Waals surface area contributed by atoms with Crippen molar-refractivity contribution in [2.24, 2.45) is 0 Å². The van der Waals surface area contributed by atoms with Crippen LogP contribution >= 0.6 is 0 Å². The van der Waals surface area contributed by atoms with E-state index in [2.05, 4.69) is 15.3 Å². The minimum atomic E-state index is -0.892. The van der Waals surface area contributed by atoms with Gasteiger partial charge in [0.15, 0.2) is 0 Å². The molecule has 1 aliphatic carbocycles. The number of amides is 1. The molecule has 4 N–H and O–H groups in total. The van der Waals surface area contributed by atoms with Crippen LogP contribution in [0, 0.1) is 0 Å². The van der Waals surface area contributed by atoms with Gasteiger partial charge < -0.3 is 16.2 Å². The maximum absolute atomic E-state index is 12.8. The molecule has 0 saturated heterocycles. The summed E-state index contributed by atoms with van der Waals surface area (Å²) in [6.07, 6.45) is 2.73. The number of carbonyl (C=O) groups is 2. The summed E-state index contributed by atoms with van der Waals surface area (Å²) in [6, 6.07) is 15.1. The largest absolute Gasteiger partial charge is 0.481 e. The first-order valence-electron chi connectivity index (χ1n) is 9.63. The van der Waals surface area contributed by atoms with Crippen molar-refractivity contribution >= 4 is 28.7 Å². The van der Waals surface area contributed by atoms with E-state index in [1.54, 1.807) is 18.2 Å². The number of nitrogens with zero attached hydrogens (tertiary/aromatic N) is 2. The smallest absolute Gasteiger partial charge is 0.314 e. The number of hydrogen-bond donors (Lipinski definition) is 3. The Morgan fingerprint density at radius 2 is 1.86 bits per heavy atom. The lowest BCUT2D eigenvalue weighted by atomic mass is 9.64. The third kappa shape index (κ3) is 3.51. The average molecular weight is 390 g/mol. The van der Waals surface area contributed by atoms with Crippen molar-refractivity contribution in [2.75, 3.05) is 12.3 Å². The standard InChI is InChI=1S/C22H22N4O3/c23-21-25-17-8-7-15(22(20(28)29)10-4-11-22)13-16(17)18(26-21)19(27)24-12-9-14-5-2-1-3-6-14/h1-3,5-8,13H,4,9-12H2,(H,24,27)(H,28,29)(H2,23,25,26). The second-order valence-electron chi connectivity index (χ2n) is 7.39. The molecule has 1 fully saturated rings. The van der Waals surface area contributed by atoms with Crippen LogP contribution in [0.3, 0.4) is 0 Å². The number of carboxylic acids is 1. The van der Waals surface area contributed by atoms with Crippen molar-refractivity contribution in [1.29, 1.82) is 0 Å². The number of nitrogen functional groups attached to an aromatic ring is 1. The molecule has 0 aliphatic heterocycles. The molecular formula is C22H22N4O3. The number of fused-ring (bicyclic) bond motifs is 1. The summed E-state index contributed by atoms with van der Waals surface area (Å²) in [5.41, 5.74) is 7.39. The Morgan fingerprint density at radius 3 is 2.52 bits per heavy atom. The van der Waals surface area contributed by atoms with Crippen molar-refractivity contribution in [2.45, 2.75) is 31.1 Å². The number of benzene rings is 2. The van der Waals surface area contributed by atoms with Crippen LogP contribution in [0.15, 0.2) is 48.5 Å². The number of nitrogens with one attached hydrogen (secondary N) is 1. The lowest BCUT2D eigenvalue weighted by Crippen LogP contribution is -2.42. The fourth-order valence-electron chi connectivity index (χ4n) is 3.82. The molecule has 0 atom stereocenters. The van der Waals surface area contributed by atoms with E-state index in [0.717, 1.165) is 12.0 Å². The fourth-order valence-corrected chi connectivity index (χ4v) is 3.82. The van der Waals surface area contributed by atoms with Gasteiger partial charge in [-0.2, -0.15) is 0 Å². The van der Waals surface area contributed by atoms with Crippen LogP contribution in [0.25, 0.3) is 10.9 Å². The van der Waals surface area contributed by atoms with Gasteiger partial charge in [-0.15, -0.1) is 0 Å². The normalized spacial score (nSPS) is 14.9. The Bertz CT molecular complexity index is 1080. The lowest BCUT2D eigenvalue weighted by Gasteiger charge is -2.38. The first-order valence-corrected chi connectivity index (χ1v) is 9.63. The highest BCUT2D eigenvalue weighted by Crippen LogP contribution is 2.44. The van der Waals surface area contributed by atoms with E-state index in [1.165, 1.54) is 0 Å². The first kappa shape index (κ1) is 18.9. The van der Waals surface area contributed by atoms with Crippen molar-refractivity contribution in [3.05, 3.63) is 65.4 Å². The minimum Gasteiger partial charge on any atom is -0.481 e. The van der Waals surface area contributed by atoms with Crippen LogP contribution in [0.5, 0.6) is 0 Å². The summed E-state index contributed by atoms with van der Waals surface area (Å²) >= 11 is 0. The van der Waals surface area contributed by atoms with E-state index in [-0.39, 0.29) is 17.5 Å². The summed E-state index contributed by atoms with van der Waals surface area (Å²) in [7, 11) is 0. The highest BCUT2D eigenvalue weighted by atomic mass is 16.4. The second kappa shape index (κ2) is 7.50. The quantitative estimate of drug-likeness (QED) is 0.595. The Balaban J connectivity index is 1.63. The van der Waals surface area contributed by atoms with E-state index in [1.807, 2.05) is 30.3 Å². The van der Waals surface area contributed by atoms with Gasteiger partial charge in [-0.25, -0.2) is 9.97 Å². The highest BCUT2D eigenvalue weighted by molar-refractivity contribution is 6.05. The third-order valence-corrected chi connectivity index (χ3v) is 5.64. The van der Waals surface area contributed by atoms with Gasteiger partial charge in [0.05, 0.1) is 10.9 Å². The highest BCUT2D eigenvalue weighted by Gasteiger charge is 2.46. The monoisotopic (exact) mass is 390 g/mol. The molecule has 1 amide bonds. The van der Waals surface area contributed by atoms with Gasteiger partial charge in [0.25, 0.3) is 5.91 Å². The molecule has 1 saturated carbocycles. The van der Waals surface area contributed by atoms with Crippen LogP contribution in [0.2, 0.25) is 0 Å². The van der Waals surface area contributed by atoms with E-state index in [9.17, 15) is 14.7 Å². The average Bonchev–Trinajstić information content (AvgIpc) is 2.67. The third-order valence-electron chi connectivity index (χ3n) is 5.64. The number of anilines is 1.